The second-order valence-electron chi connectivity index (χ2n) is 3.94. The molecule has 1 heterocycles. The van der Waals surface area contributed by atoms with Gasteiger partial charge in [-0.2, -0.15) is 11.3 Å². The molecule has 0 fully saturated rings. The van der Waals surface area contributed by atoms with Crippen LogP contribution < -0.4 is 11.3 Å². The van der Waals surface area contributed by atoms with Crippen molar-refractivity contribution >= 4 is 33.9 Å². The molecule has 90 valence electrons. The summed E-state index contributed by atoms with van der Waals surface area (Å²) in [7, 11) is 0. The number of thiophene rings is 1. The Morgan fingerprint density at radius 3 is 2.88 bits per heavy atom. The van der Waals surface area contributed by atoms with E-state index in [1.165, 1.54) is 14.7 Å². The minimum absolute atomic E-state index is 0.226. The first-order valence-corrected chi connectivity index (χ1v) is 7.54. The number of rotatable bonds is 5. The molecule has 1 unspecified atom stereocenters. The maximum atomic E-state index is 5.64. The van der Waals surface area contributed by atoms with E-state index in [4.69, 9.17) is 5.84 Å². The third-order valence-corrected chi connectivity index (χ3v) is 4.16. The fraction of sp³-hybridized carbons (Fsp3) is 0.231. The molecule has 0 bridgehead atoms. The average Bonchev–Trinajstić information content (AvgIpc) is 2.83. The molecule has 0 amide bonds. The van der Waals surface area contributed by atoms with Crippen molar-refractivity contribution in [2.24, 2.45) is 5.84 Å². The van der Waals surface area contributed by atoms with Crippen molar-refractivity contribution in [1.29, 1.82) is 0 Å². The molecule has 0 aliphatic rings. The molecule has 1 aromatic heterocycles. The van der Waals surface area contributed by atoms with Crippen molar-refractivity contribution in [2.45, 2.75) is 18.9 Å². The number of hydrazine groups is 1. The molecule has 1 aromatic carbocycles. The molecule has 0 saturated heterocycles. The highest BCUT2D eigenvalue weighted by molar-refractivity contribution is 14.1. The average molecular weight is 358 g/mol. The van der Waals surface area contributed by atoms with E-state index in [-0.39, 0.29) is 6.04 Å². The SMILES string of the molecule is NNC(CCc1ccsc1)c1cccc(I)c1. The first-order valence-electron chi connectivity index (χ1n) is 5.52. The fourth-order valence-electron chi connectivity index (χ4n) is 1.82. The van der Waals surface area contributed by atoms with Crippen molar-refractivity contribution in [3.05, 3.63) is 55.8 Å². The van der Waals surface area contributed by atoms with E-state index in [1.54, 1.807) is 11.3 Å². The molecule has 2 aromatic rings. The molecule has 17 heavy (non-hydrogen) atoms. The normalized spacial score (nSPS) is 12.6. The predicted molar refractivity (Wildman–Crippen MR) is 81.9 cm³/mol. The second-order valence-corrected chi connectivity index (χ2v) is 5.97. The maximum absolute atomic E-state index is 5.64. The summed E-state index contributed by atoms with van der Waals surface area (Å²) in [5.41, 5.74) is 5.56. The van der Waals surface area contributed by atoms with Gasteiger partial charge >= 0.3 is 0 Å². The molecule has 2 rings (SSSR count). The van der Waals surface area contributed by atoms with E-state index in [2.05, 4.69) is 69.1 Å². The predicted octanol–water partition coefficient (Wildman–Crippen LogP) is 3.49. The van der Waals surface area contributed by atoms with Gasteiger partial charge in [0.1, 0.15) is 0 Å². The fourth-order valence-corrected chi connectivity index (χ4v) is 3.09. The number of aryl methyl sites for hydroxylation is 1. The van der Waals surface area contributed by atoms with E-state index in [0.29, 0.717) is 0 Å². The highest BCUT2D eigenvalue weighted by Gasteiger charge is 2.09. The lowest BCUT2D eigenvalue weighted by Gasteiger charge is -2.16. The lowest BCUT2D eigenvalue weighted by Crippen LogP contribution is -2.28. The third kappa shape index (κ3) is 3.77. The van der Waals surface area contributed by atoms with Crippen molar-refractivity contribution in [3.63, 3.8) is 0 Å². The van der Waals surface area contributed by atoms with Crippen LogP contribution in [0, 0.1) is 3.57 Å². The minimum Gasteiger partial charge on any atom is -0.271 e. The van der Waals surface area contributed by atoms with Crippen molar-refractivity contribution in [1.82, 2.24) is 5.43 Å². The molecular weight excluding hydrogens is 343 g/mol. The van der Waals surface area contributed by atoms with E-state index < -0.39 is 0 Å². The van der Waals surface area contributed by atoms with Crippen LogP contribution in [0.15, 0.2) is 41.1 Å². The monoisotopic (exact) mass is 358 g/mol. The lowest BCUT2D eigenvalue weighted by molar-refractivity contribution is 0.516. The van der Waals surface area contributed by atoms with E-state index in [0.717, 1.165) is 12.8 Å². The standard InChI is InChI=1S/C13H15IN2S/c14-12-3-1-2-11(8-12)13(16-15)5-4-10-6-7-17-9-10/h1-3,6-9,13,16H,4-5,15H2. The van der Waals surface area contributed by atoms with Gasteiger partial charge in [-0.1, -0.05) is 12.1 Å². The van der Waals surface area contributed by atoms with Crippen LogP contribution in [0.3, 0.4) is 0 Å². The second kappa shape index (κ2) is 6.49. The number of hydrogen-bond acceptors (Lipinski definition) is 3. The largest absolute Gasteiger partial charge is 0.271 e. The molecule has 4 heteroatoms. The van der Waals surface area contributed by atoms with Gasteiger partial charge in [0.2, 0.25) is 0 Å². The van der Waals surface area contributed by atoms with E-state index in [9.17, 15) is 0 Å². The van der Waals surface area contributed by atoms with Gasteiger partial charge in [0, 0.05) is 9.61 Å². The highest BCUT2D eigenvalue weighted by atomic mass is 127. The third-order valence-electron chi connectivity index (χ3n) is 2.75. The zero-order valence-corrected chi connectivity index (χ0v) is 12.4. The molecule has 0 radical (unpaired) electrons. The van der Waals surface area contributed by atoms with Crippen molar-refractivity contribution in [2.75, 3.05) is 0 Å². The van der Waals surface area contributed by atoms with Crippen molar-refractivity contribution in [3.8, 4) is 0 Å². The molecule has 0 saturated carbocycles. The topological polar surface area (TPSA) is 38.0 Å². The quantitative estimate of drug-likeness (QED) is 0.488. The zero-order chi connectivity index (χ0) is 12.1. The Labute approximate surface area is 119 Å². The van der Waals surface area contributed by atoms with Gasteiger partial charge in [0.05, 0.1) is 0 Å². The number of hydrogen-bond donors (Lipinski definition) is 2. The molecule has 0 aliphatic heterocycles. The smallest absolute Gasteiger partial charge is 0.0463 e. The summed E-state index contributed by atoms with van der Waals surface area (Å²) in [6, 6.07) is 10.9. The van der Waals surface area contributed by atoms with Gasteiger partial charge in [-0.05, 0) is 75.5 Å². The van der Waals surface area contributed by atoms with Gasteiger partial charge in [0.25, 0.3) is 0 Å². The first kappa shape index (κ1) is 13.0. The number of halogens is 1. The summed E-state index contributed by atoms with van der Waals surface area (Å²) in [5.74, 6) is 5.64. The summed E-state index contributed by atoms with van der Waals surface area (Å²) in [6.45, 7) is 0. The number of nitrogens with two attached hydrogens (primary N) is 1. The summed E-state index contributed by atoms with van der Waals surface area (Å²) < 4.78 is 1.25. The molecular formula is C13H15IN2S. The zero-order valence-electron chi connectivity index (χ0n) is 9.40. The summed E-state index contributed by atoms with van der Waals surface area (Å²) >= 11 is 4.07. The van der Waals surface area contributed by atoms with Crippen LogP contribution in [0.4, 0.5) is 0 Å². The number of nitrogens with one attached hydrogen (secondary N) is 1. The van der Waals surface area contributed by atoms with Crippen LogP contribution >= 0.6 is 33.9 Å². The minimum atomic E-state index is 0.226. The Kier molecular flexibility index (Phi) is 4.97. The van der Waals surface area contributed by atoms with Crippen LogP contribution in [0.5, 0.6) is 0 Å². The van der Waals surface area contributed by atoms with Crippen LogP contribution in [-0.4, -0.2) is 0 Å². The van der Waals surface area contributed by atoms with Crippen molar-refractivity contribution < 1.29 is 0 Å². The van der Waals surface area contributed by atoms with Gasteiger partial charge in [-0.15, -0.1) is 0 Å². The molecule has 3 N–H and O–H groups in total. The van der Waals surface area contributed by atoms with E-state index >= 15 is 0 Å². The van der Waals surface area contributed by atoms with Crippen LogP contribution in [0.25, 0.3) is 0 Å². The molecule has 2 nitrogen and oxygen atoms in total. The summed E-state index contributed by atoms with van der Waals surface area (Å²) in [6.07, 6.45) is 2.08. The maximum Gasteiger partial charge on any atom is 0.0463 e. The van der Waals surface area contributed by atoms with Crippen LogP contribution in [0.1, 0.15) is 23.6 Å². The van der Waals surface area contributed by atoms with Gasteiger partial charge in [0.15, 0.2) is 0 Å². The first-order chi connectivity index (χ1) is 8.29. The highest BCUT2D eigenvalue weighted by Crippen LogP contribution is 2.21. The Bertz CT molecular complexity index is 456. The van der Waals surface area contributed by atoms with Gasteiger partial charge in [-0.3, -0.25) is 11.3 Å². The van der Waals surface area contributed by atoms with E-state index in [1.807, 2.05) is 0 Å². The van der Waals surface area contributed by atoms with Crippen LogP contribution in [-0.2, 0) is 6.42 Å². The molecule has 0 aliphatic carbocycles. The Morgan fingerprint density at radius 2 is 2.24 bits per heavy atom. The molecule has 0 spiro atoms. The number of benzene rings is 1. The van der Waals surface area contributed by atoms with Crippen LogP contribution in [0.2, 0.25) is 0 Å². The van der Waals surface area contributed by atoms with Gasteiger partial charge < -0.3 is 0 Å². The lowest BCUT2D eigenvalue weighted by atomic mass is 10.0. The Morgan fingerprint density at radius 1 is 1.35 bits per heavy atom. The van der Waals surface area contributed by atoms with Gasteiger partial charge in [-0.25, -0.2) is 0 Å². The Hall–Kier alpha value is -0.430. The summed E-state index contributed by atoms with van der Waals surface area (Å²) in [4.78, 5) is 0. The molecule has 1 atom stereocenters. The Balaban J connectivity index is 2.01. The summed E-state index contributed by atoms with van der Waals surface area (Å²) in [5, 5.41) is 4.31.